The van der Waals surface area contributed by atoms with Gasteiger partial charge in [0.1, 0.15) is 5.82 Å². The number of fused-ring (bicyclic) bond motifs is 1. The van der Waals surface area contributed by atoms with Crippen molar-refractivity contribution >= 4 is 28.1 Å². The van der Waals surface area contributed by atoms with E-state index in [0.29, 0.717) is 46.0 Å². The molecule has 3 N–H and O–H groups in total. The Balaban J connectivity index is 1.51. The van der Waals surface area contributed by atoms with Crippen LogP contribution in [0.4, 0.5) is 19.0 Å². The summed E-state index contributed by atoms with van der Waals surface area (Å²) < 4.78 is 39.7. The number of thiophene rings is 1. The molecule has 150 valence electrons. The molecule has 2 aromatic heterocycles. The van der Waals surface area contributed by atoms with E-state index < -0.39 is 11.7 Å². The standard InChI is InChI=1S/C20H22F3N3OS/c1-12-15(19(13(2)28-12)20(21,22)23)11-24-8-5-9-25-18-10-17(27)14-6-3-4-7-16(14)26-18/h3-4,6-7,10,24H,5,8-9,11H2,1-2H3,(H2,25,26,27). The van der Waals surface area contributed by atoms with Crippen LogP contribution in [0.5, 0.6) is 0 Å². The lowest BCUT2D eigenvalue weighted by Gasteiger charge is -2.12. The number of H-pyrrole nitrogens is 1. The van der Waals surface area contributed by atoms with E-state index in [-0.39, 0.29) is 12.0 Å². The van der Waals surface area contributed by atoms with Gasteiger partial charge in [-0.2, -0.15) is 13.2 Å². The molecule has 0 spiro atoms. The van der Waals surface area contributed by atoms with Gasteiger partial charge in [-0.1, -0.05) is 12.1 Å². The van der Waals surface area contributed by atoms with E-state index in [0.717, 1.165) is 5.52 Å². The first kappa shape index (κ1) is 20.4. The maximum Gasteiger partial charge on any atom is 0.417 e. The largest absolute Gasteiger partial charge is 0.417 e. The Morgan fingerprint density at radius 3 is 2.61 bits per heavy atom. The third-order valence-corrected chi connectivity index (χ3v) is 5.62. The highest BCUT2D eigenvalue weighted by Gasteiger charge is 2.37. The predicted octanol–water partition coefficient (Wildman–Crippen LogP) is 4.82. The average Bonchev–Trinajstić information content (AvgIpc) is 2.91. The summed E-state index contributed by atoms with van der Waals surface area (Å²) >= 11 is 1.18. The summed E-state index contributed by atoms with van der Waals surface area (Å²) in [7, 11) is 0. The molecule has 0 saturated heterocycles. The van der Waals surface area contributed by atoms with E-state index in [2.05, 4.69) is 15.6 Å². The molecule has 0 unspecified atom stereocenters. The molecule has 4 nitrogen and oxygen atoms in total. The van der Waals surface area contributed by atoms with Crippen molar-refractivity contribution in [3.63, 3.8) is 0 Å². The Bertz CT molecular complexity index is 1020. The number of benzene rings is 1. The van der Waals surface area contributed by atoms with Gasteiger partial charge in [0.2, 0.25) is 0 Å². The summed E-state index contributed by atoms with van der Waals surface area (Å²) in [6.45, 7) is 4.59. The van der Waals surface area contributed by atoms with Gasteiger partial charge in [0.05, 0.1) is 11.1 Å². The van der Waals surface area contributed by atoms with Crippen LogP contribution in [0.15, 0.2) is 35.1 Å². The van der Waals surface area contributed by atoms with E-state index in [1.54, 1.807) is 13.0 Å². The lowest BCUT2D eigenvalue weighted by molar-refractivity contribution is -0.138. The van der Waals surface area contributed by atoms with Gasteiger partial charge in [-0.05, 0) is 44.5 Å². The molecule has 0 aliphatic rings. The lowest BCUT2D eigenvalue weighted by atomic mass is 10.1. The van der Waals surface area contributed by atoms with Crippen LogP contribution in [0.25, 0.3) is 10.9 Å². The summed E-state index contributed by atoms with van der Waals surface area (Å²) in [5, 5.41) is 6.88. The van der Waals surface area contributed by atoms with Crippen LogP contribution in [0, 0.1) is 13.8 Å². The Kier molecular flexibility index (Phi) is 6.10. The quantitative estimate of drug-likeness (QED) is 0.491. The maximum absolute atomic E-state index is 13.2. The highest BCUT2D eigenvalue weighted by atomic mass is 32.1. The second-order valence-corrected chi connectivity index (χ2v) is 8.04. The Morgan fingerprint density at radius 2 is 1.86 bits per heavy atom. The minimum Gasteiger partial charge on any atom is -0.371 e. The molecule has 3 aromatic rings. The molecule has 28 heavy (non-hydrogen) atoms. The molecule has 0 fully saturated rings. The van der Waals surface area contributed by atoms with Crippen LogP contribution in [-0.2, 0) is 12.7 Å². The van der Waals surface area contributed by atoms with Gasteiger partial charge in [0.15, 0.2) is 5.43 Å². The number of hydrogen-bond acceptors (Lipinski definition) is 4. The zero-order chi connectivity index (χ0) is 20.3. The molecule has 0 aliphatic heterocycles. The number of para-hydroxylation sites is 1. The molecule has 0 radical (unpaired) electrons. The summed E-state index contributed by atoms with van der Waals surface area (Å²) in [6.07, 6.45) is -3.62. The van der Waals surface area contributed by atoms with Gasteiger partial charge < -0.3 is 15.6 Å². The number of pyridine rings is 1. The van der Waals surface area contributed by atoms with Gasteiger partial charge in [-0.25, -0.2) is 0 Å². The van der Waals surface area contributed by atoms with Crippen molar-refractivity contribution in [2.24, 2.45) is 0 Å². The molecule has 3 rings (SSSR count). The highest BCUT2D eigenvalue weighted by molar-refractivity contribution is 7.12. The number of alkyl halides is 3. The third-order valence-electron chi connectivity index (χ3n) is 4.55. The van der Waals surface area contributed by atoms with Crippen LogP contribution >= 0.6 is 11.3 Å². The molecule has 0 atom stereocenters. The van der Waals surface area contributed by atoms with Crippen molar-refractivity contribution in [2.45, 2.75) is 33.0 Å². The van der Waals surface area contributed by atoms with Crippen molar-refractivity contribution in [1.29, 1.82) is 0 Å². The summed E-state index contributed by atoms with van der Waals surface area (Å²) in [5.74, 6) is 0.632. The normalized spacial score (nSPS) is 11.9. The van der Waals surface area contributed by atoms with E-state index in [1.807, 2.05) is 18.2 Å². The van der Waals surface area contributed by atoms with E-state index in [9.17, 15) is 18.0 Å². The monoisotopic (exact) mass is 409 g/mol. The van der Waals surface area contributed by atoms with Gasteiger partial charge >= 0.3 is 6.18 Å². The van der Waals surface area contributed by atoms with E-state index >= 15 is 0 Å². The molecular formula is C20H22F3N3OS. The number of aromatic amines is 1. The first-order valence-electron chi connectivity index (χ1n) is 9.00. The number of halogens is 3. The fourth-order valence-electron chi connectivity index (χ4n) is 3.26. The fourth-order valence-corrected chi connectivity index (χ4v) is 4.35. The number of aromatic nitrogens is 1. The van der Waals surface area contributed by atoms with Crippen LogP contribution in [0.3, 0.4) is 0 Å². The number of aryl methyl sites for hydroxylation is 2. The van der Waals surface area contributed by atoms with Crippen LogP contribution in [0.2, 0.25) is 0 Å². The number of anilines is 1. The highest BCUT2D eigenvalue weighted by Crippen LogP contribution is 2.40. The predicted molar refractivity (Wildman–Crippen MR) is 108 cm³/mol. The Labute approximate surface area is 164 Å². The SMILES string of the molecule is Cc1sc(C)c(C(F)(F)F)c1CNCCCNc1cc(=O)c2ccccc2[nH]1. The Morgan fingerprint density at radius 1 is 1.11 bits per heavy atom. The summed E-state index contributed by atoms with van der Waals surface area (Å²) in [5.41, 5.74) is 0.535. The molecule has 1 aromatic carbocycles. The maximum atomic E-state index is 13.2. The van der Waals surface area contributed by atoms with Crippen LogP contribution in [-0.4, -0.2) is 18.1 Å². The minimum atomic E-state index is -4.32. The van der Waals surface area contributed by atoms with Crippen LogP contribution in [0.1, 0.15) is 27.3 Å². The Hall–Kier alpha value is -2.32. The molecule has 0 aliphatic carbocycles. The average molecular weight is 409 g/mol. The molecule has 2 heterocycles. The van der Waals surface area contributed by atoms with Crippen molar-refractivity contribution in [3.05, 3.63) is 61.4 Å². The van der Waals surface area contributed by atoms with Gasteiger partial charge in [0.25, 0.3) is 0 Å². The molecular weight excluding hydrogens is 387 g/mol. The van der Waals surface area contributed by atoms with Crippen LogP contribution < -0.4 is 16.1 Å². The third kappa shape index (κ3) is 4.56. The second kappa shape index (κ2) is 8.36. The van der Waals surface area contributed by atoms with E-state index in [1.165, 1.54) is 24.3 Å². The van der Waals surface area contributed by atoms with Crippen molar-refractivity contribution < 1.29 is 13.2 Å². The van der Waals surface area contributed by atoms with Gasteiger partial charge in [-0.15, -0.1) is 11.3 Å². The number of hydrogen-bond donors (Lipinski definition) is 3. The summed E-state index contributed by atoms with van der Waals surface area (Å²) in [6, 6.07) is 8.80. The zero-order valence-corrected chi connectivity index (χ0v) is 16.5. The molecule has 0 amide bonds. The topological polar surface area (TPSA) is 56.9 Å². The number of nitrogens with one attached hydrogen (secondary N) is 3. The van der Waals surface area contributed by atoms with Crippen molar-refractivity contribution in [2.75, 3.05) is 18.4 Å². The first-order valence-corrected chi connectivity index (χ1v) is 9.81. The van der Waals surface area contributed by atoms with Crippen molar-refractivity contribution in [1.82, 2.24) is 10.3 Å². The fraction of sp³-hybridized carbons (Fsp3) is 0.350. The minimum absolute atomic E-state index is 0.0574. The smallest absolute Gasteiger partial charge is 0.371 e. The molecule has 8 heteroatoms. The van der Waals surface area contributed by atoms with Crippen molar-refractivity contribution in [3.8, 4) is 0 Å². The first-order chi connectivity index (χ1) is 13.3. The van der Waals surface area contributed by atoms with Gasteiger partial charge in [0, 0.05) is 34.3 Å². The zero-order valence-electron chi connectivity index (χ0n) is 15.7. The summed E-state index contributed by atoms with van der Waals surface area (Å²) in [4.78, 5) is 16.2. The molecule has 0 saturated carbocycles. The van der Waals surface area contributed by atoms with E-state index in [4.69, 9.17) is 0 Å². The second-order valence-electron chi connectivity index (χ2n) is 6.62. The number of rotatable bonds is 7. The van der Waals surface area contributed by atoms with Gasteiger partial charge in [-0.3, -0.25) is 4.79 Å². The molecule has 0 bridgehead atoms. The lowest BCUT2D eigenvalue weighted by Crippen LogP contribution is -2.20.